The summed E-state index contributed by atoms with van der Waals surface area (Å²) in [7, 11) is 1.64. The van der Waals surface area contributed by atoms with E-state index in [4.69, 9.17) is 9.47 Å². The zero-order chi connectivity index (χ0) is 18.5. The SMILES string of the molecule is COc1ccc(Oc2ccccc2)cc1Nc1nc(-c2cccnc2)cs1. The molecule has 0 aliphatic rings. The molecule has 0 spiro atoms. The number of hydrogen-bond acceptors (Lipinski definition) is 6. The molecule has 6 heteroatoms. The highest BCUT2D eigenvalue weighted by atomic mass is 32.1. The molecular formula is C21H17N3O2S. The van der Waals surface area contributed by atoms with Crippen molar-refractivity contribution in [2.75, 3.05) is 12.4 Å². The number of benzene rings is 2. The van der Waals surface area contributed by atoms with Gasteiger partial charge in [-0.25, -0.2) is 4.98 Å². The third-order valence-corrected chi connectivity index (χ3v) is 4.61. The molecule has 0 unspecified atom stereocenters. The van der Waals surface area contributed by atoms with Crippen molar-refractivity contribution >= 4 is 22.2 Å². The lowest BCUT2D eigenvalue weighted by Gasteiger charge is -2.12. The van der Waals surface area contributed by atoms with Crippen LogP contribution in [0, 0.1) is 0 Å². The first-order valence-corrected chi connectivity index (χ1v) is 9.24. The number of ether oxygens (including phenoxy) is 2. The second-order valence-corrected chi connectivity index (χ2v) is 6.54. The zero-order valence-corrected chi connectivity index (χ0v) is 15.4. The normalized spacial score (nSPS) is 10.4. The van der Waals surface area contributed by atoms with Crippen molar-refractivity contribution in [3.05, 3.63) is 78.4 Å². The van der Waals surface area contributed by atoms with E-state index in [1.54, 1.807) is 19.5 Å². The van der Waals surface area contributed by atoms with Gasteiger partial charge in [-0.05, 0) is 36.4 Å². The Morgan fingerprint density at radius 3 is 2.63 bits per heavy atom. The molecule has 1 N–H and O–H groups in total. The number of rotatable bonds is 6. The highest BCUT2D eigenvalue weighted by Crippen LogP contribution is 2.35. The van der Waals surface area contributed by atoms with Crippen LogP contribution in [0.15, 0.2) is 78.4 Å². The number of nitrogens with zero attached hydrogens (tertiary/aromatic N) is 2. The standard InChI is InChI=1S/C21H17N3O2S/c1-25-20-10-9-17(26-16-7-3-2-4-8-16)12-18(20)23-21-24-19(14-27-21)15-6-5-11-22-13-15/h2-14H,1H3,(H,23,24). The Labute approximate surface area is 161 Å². The summed E-state index contributed by atoms with van der Waals surface area (Å²) < 4.78 is 11.4. The van der Waals surface area contributed by atoms with E-state index in [1.807, 2.05) is 66.0 Å². The number of pyridine rings is 1. The van der Waals surface area contributed by atoms with Gasteiger partial charge in [0, 0.05) is 29.4 Å². The van der Waals surface area contributed by atoms with E-state index in [-0.39, 0.29) is 0 Å². The summed E-state index contributed by atoms with van der Waals surface area (Å²) in [6, 6.07) is 19.2. The minimum atomic E-state index is 0.716. The summed E-state index contributed by atoms with van der Waals surface area (Å²) in [6.45, 7) is 0. The van der Waals surface area contributed by atoms with Crippen molar-refractivity contribution in [1.82, 2.24) is 9.97 Å². The highest BCUT2D eigenvalue weighted by molar-refractivity contribution is 7.14. The molecule has 0 saturated carbocycles. The molecule has 0 aliphatic heterocycles. The van der Waals surface area contributed by atoms with Gasteiger partial charge in [-0.2, -0.15) is 0 Å². The summed E-state index contributed by atoms with van der Waals surface area (Å²) in [5.41, 5.74) is 2.65. The van der Waals surface area contributed by atoms with Gasteiger partial charge in [0.2, 0.25) is 0 Å². The van der Waals surface area contributed by atoms with Crippen LogP contribution < -0.4 is 14.8 Å². The third kappa shape index (κ3) is 4.07. The van der Waals surface area contributed by atoms with E-state index in [2.05, 4.69) is 15.3 Å². The maximum atomic E-state index is 5.91. The topological polar surface area (TPSA) is 56.3 Å². The Hall–Kier alpha value is -3.38. The number of methoxy groups -OCH3 is 1. The van der Waals surface area contributed by atoms with Crippen LogP contribution in [0.25, 0.3) is 11.3 Å². The maximum Gasteiger partial charge on any atom is 0.187 e. The van der Waals surface area contributed by atoms with Gasteiger partial charge in [-0.15, -0.1) is 11.3 Å². The summed E-state index contributed by atoms with van der Waals surface area (Å²) in [5.74, 6) is 2.21. The van der Waals surface area contributed by atoms with Crippen molar-refractivity contribution < 1.29 is 9.47 Å². The van der Waals surface area contributed by atoms with Crippen LogP contribution in [0.2, 0.25) is 0 Å². The lowest BCUT2D eigenvalue weighted by molar-refractivity contribution is 0.415. The first-order valence-electron chi connectivity index (χ1n) is 8.36. The number of nitrogens with one attached hydrogen (secondary N) is 1. The highest BCUT2D eigenvalue weighted by Gasteiger charge is 2.10. The molecule has 0 fully saturated rings. The maximum absolute atomic E-state index is 5.91. The minimum Gasteiger partial charge on any atom is -0.495 e. The van der Waals surface area contributed by atoms with Crippen molar-refractivity contribution in [2.45, 2.75) is 0 Å². The van der Waals surface area contributed by atoms with Crippen LogP contribution >= 0.6 is 11.3 Å². The van der Waals surface area contributed by atoms with Crippen LogP contribution in [-0.4, -0.2) is 17.1 Å². The molecule has 0 aliphatic carbocycles. The summed E-state index contributed by atoms with van der Waals surface area (Å²) in [6.07, 6.45) is 3.55. The number of thiazole rings is 1. The molecule has 0 saturated heterocycles. The third-order valence-electron chi connectivity index (χ3n) is 3.85. The molecule has 0 radical (unpaired) electrons. The summed E-state index contributed by atoms with van der Waals surface area (Å²) in [4.78, 5) is 8.78. The van der Waals surface area contributed by atoms with E-state index in [1.165, 1.54) is 11.3 Å². The van der Waals surface area contributed by atoms with Gasteiger partial charge in [0.05, 0.1) is 18.5 Å². The Balaban J connectivity index is 1.57. The van der Waals surface area contributed by atoms with E-state index in [0.717, 1.165) is 27.8 Å². The van der Waals surface area contributed by atoms with Crippen molar-refractivity contribution in [3.63, 3.8) is 0 Å². The smallest absolute Gasteiger partial charge is 0.187 e. The van der Waals surface area contributed by atoms with Crippen LogP contribution in [0.1, 0.15) is 0 Å². The van der Waals surface area contributed by atoms with Crippen LogP contribution in [0.3, 0.4) is 0 Å². The first-order chi connectivity index (χ1) is 13.3. The van der Waals surface area contributed by atoms with Gasteiger partial charge >= 0.3 is 0 Å². The number of anilines is 2. The molecule has 0 amide bonds. The Kier molecular flexibility index (Phi) is 4.98. The van der Waals surface area contributed by atoms with Gasteiger partial charge in [0.15, 0.2) is 5.13 Å². The van der Waals surface area contributed by atoms with Gasteiger partial charge < -0.3 is 14.8 Å². The van der Waals surface area contributed by atoms with Crippen molar-refractivity contribution in [1.29, 1.82) is 0 Å². The zero-order valence-electron chi connectivity index (χ0n) is 14.6. The predicted octanol–water partition coefficient (Wildman–Crippen LogP) is 5.75. The molecule has 4 aromatic rings. The Morgan fingerprint density at radius 2 is 1.85 bits per heavy atom. The summed E-state index contributed by atoms with van der Waals surface area (Å²) >= 11 is 1.52. The van der Waals surface area contributed by atoms with Gasteiger partial charge in [-0.1, -0.05) is 18.2 Å². The average Bonchev–Trinajstić information content (AvgIpc) is 3.18. The molecule has 0 bridgehead atoms. The molecule has 2 aromatic heterocycles. The lowest BCUT2D eigenvalue weighted by Crippen LogP contribution is -1.95. The molecule has 134 valence electrons. The number of hydrogen-bond donors (Lipinski definition) is 1. The largest absolute Gasteiger partial charge is 0.495 e. The molecule has 4 rings (SSSR count). The average molecular weight is 375 g/mol. The monoisotopic (exact) mass is 375 g/mol. The van der Waals surface area contributed by atoms with E-state index >= 15 is 0 Å². The Bertz CT molecular complexity index is 1020. The predicted molar refractivity (Wildman–Crippen MR) is 108 cm³/mol. The van der Waals surface area contributed by atoms with Gasteiger partial charge in [-0.3, -0.25) is 4.98 Å². The van der Waals surface area contributed by atoms with Crippen molar-refractivity contribution in [2.24, 2.45) is 0 Å². The molecule has 0 atom stereocenters. The summed E-state index contributed by atoms with van der Waals surface area (Å²) in [5, 5.41) is 6.09. The second kappa shape index (κ2) is 7.88. The molecule has 5 nitrogen and oxygen atoms in total. The van der Waals surface area contributed by atoms with E-state index in [0.29, 0.717) is 11.5 Å². The fourth-order valence-corrected chi connectivity index (χ4v) is 3.30. The number of aromatic nitrogens is 2. The lowest BCUT2D eigenvalue weighted by atomic mass is 10.2. The minimum absolute atomic E-state index is 0.716. The van der Waals surface area contributed by atoms with E-state index < -0.39 is 0 Å². The van der Waals surface area contributed by atoms with Gasteiger partial charge in [0.25, 0.3) is 0 Å². The fourth-order valence-electron chi connectivity index (χ4n) is 2.57. The Morgan fingerprint density at radius 1 is 0.963 bits per heavy atom. The number of para-hydroxylation sites is 1. The molecule has 2 aromatic carbocycles. The quantitative estimate of drug-likeness (QED) is 0.465. The van der Waals surface area contributed by atoms with E-state index in [9.17, 15) is 0 Å². The second-order valence-electron chi connectivity index (χ2n) is 5.68. The van der Waals surface area contributed by atoms with Crippen molar-refractivity contribution in [3.8, 4) is 28.5 Å². The van der Waals surface area contributed by atoms with Crippen LogP contribution in [-0.2, 0) is 0 Å². The van der Waals surface area contributed by atoms with Gasteiger partial charge in [0.1, 0.15) is 17.2 Å². The molecule has 27 heavy (non-hydrogen) atoms. The molecule has 2 heterocycles. The van der Waals surface area contributed by atoms with Crippen LogP contribution in [0.5, 0.6) is 17.2 Å². The first kappa shape index (κ1) is 17.1. The fraction of sp³-hybridized carbons (Fsp3) is 0.0476. The van der Waals surface area contributed by atoms with Crippen LogP contribution in [0.4, 0.5) is 10.8 Å². The molecular weight excluding hydrogens is 358 g/mol.